The quantitative estimate of drug-likeness (QED) is 0.733. The van der Waals surface area contributed by atoms with E-state index < -0.39 is 10.0 Å². The van der Waals surface area contributed by atoms with Gasteiger partial charge in [-0.1, -0.05) is 18.7 Å². The average Bonchev–Trinajstić information content (AvgIpc) is 2.25. The van der Waals surface area contributed by atoms with E-state index >= 15 is 0 Å². The first-order chi connectivity index (χ1) is 7.43. The fourth-order valence-corrected chi connectivity index (χ4v) is 1.57. The highest BCUT2D eigenvalue weighted by Crippen LogP contribution is 2.08. The Morgan fingerprint density at radius 2 is 1.94 bits per heavy atom. The van der Waals surface area contributed by atoms with Gasteiger partial charge in [-0.3, -0.25) is 4.79 Å². The number of benzene rings is 1. The molecule has 0 saturated heterocycles. The van der Waals surface area contributed by atoms with Crippen LogP contribution in [0, 0.1) is 0 Å². The summed E-state index contributed by atoms with van der Waals surface area (Å²) in [5.74, 6) is -0.282. The minimum atomic E-state index is -3.66. The molecule has 0 aliphatic rings. The van der Waals surface area contributed by atoms with Crippen molar-refractivity contribution in [1.82, 2.24) is 5.32 Å². The molecule has 1 rings (SSSR count). The molecule has 86 valence electrons. The Hall–Kier alpha value is -1.66. The molecule has 0 atom stereocenters. The molecule has 1 amide bonds. The van der Waals surface area contributed by atoms with Gasteiger partial charge in [-0.15, -0.1) is 0 Å². The first-order valence-corrected chi connectivity index (χ1v) is 6.00. The van der Waals surface area contributed by atoms with Crippen LogP contribution in [0.3, 0.4) is 0 Å². The van der Waals surface area contributed by atoms with Crippen molar-refractivity contribution in [3.8, 4) is 0 Å². The van der Waals surface area contributed by atoms with E-state index in [4.69, 9.17) is 5.14 Å². The van der Waals surface area contributed by atoms with Gasteiger partial charge < -0.3 is 5.32 Å². The first-order valence-electron chi connectivity index (χ1n) is 4.45. The summed E-state index contributed by atoms with van der Waals surface area (Å²) in [4.78, 5) is 10.9. The topological polar surface area (TPSA) is 89.3 Å². The van der Waals surface area contributed by atoms with Gasteiger partial charge >= 0.3 is 0 Å². The summed E-state index contributed by atoms with van der Waals surface area (Å²) < 4.78 is 21.9. The molecular formula is C10H12N2O3S. The van der Waals surface area contributed by atoms with Crippen molar-refractivity contribution in [2.45, 2.75) is 11.4 Å². The van der Waals surface area contributed by atoms with E-state index in [1.54, 1.807) is 12.1 Å². The Bertz CT molecular complexity index is 491. The number of carbonyl (C=O) groups is 1. The van der Waals surface area contributed by atoms with E-state index in [0.717, 1.165) is 5.56 Å². The monoisotopic (exact) mass is 240 g/mol. The second-order valence-corrected chi connectivity index (χ2v) is 4.67. The Morgan fingerprint density at radius 3 is 2.38 bits per heavy atom. The molecule has 0 saturated carbocycles. The van der Waals surface area contributed by atoms with Crippen molar-refractivity contribution >= 4 is 15.9 Å². The summed E-state index contributed by atoms with van der Waals surface area (Å²) >= 11 is 0. The van der Waals surface area contributed by atoms with Crippen LogP contribution in [-0.2, 0) is 21.4 Å². The van der Waals surface area contributed by atoms with Crippen molar-refractivity contribution in [2.24, 2.45) is 5.14 Å². The Morgan fingerprint density at radius 1 is 1.38 bits per heavy atom. The molecule has 0 spiro atoms. The first kappa shape index (κ1) is 12.4. The SMILES string of the molecule is C=CC(=O)NCc1ccc(S(N)(=O)=O)cc1. The molecule has 0 aromatic heterocycles. The van der Waals surface area contributed by atoms with Gasteiger partial charge in [-0.25, -0.2) is 13.6 Å². The molecule has 0 bridgehead atoms. The van der Waals surface area contributed by atoms with E-state index in [2.05, 4.69) is 11.9 Å². The minimum Gasteiger partial charge on any atom is -0.348 e. The summed E-state index contributed by atoms with van der Waals surface area (Å²) in [5, 5.41) is 7.51. The summed E-state index contributed by atoms with van der Waals surface area (Å²) in [6, 6.07) is 5.96. The van der Waals surface area contributed by atoms with Gasteiger partial charge in [0.2, 0.25) is 15.9 Å². The third kappa shape index (κ3) is 3.48. The number of hydrogen-bond acceptors (Lipinski definition) is 3. The highest BCUT2D eigenvalue weighted by Gasteiger charge is 2.06. The van der Waals surface area contributed by atoms with Gasteiger partial charge in [-0.05, 0) is 23.8 Å². The molecule has 3 N–H and O–H groups in total. The molecule has 1 aromatic carbocycles. The third-order valence-corrected chi connectivity index (χ3v) is 2.83. The third-order valence-electron chi connectivity index (χ3n) is 1.90. The maximum absolute atomic E-state index is 11.0. The zero-order chi connectivity index (χ0) is 12.2. The normalized spacial score (nSPS) is 10.8. The van der Waals surface area contributed by atoms with Crippen LogP contribution < -0.4 is 10.5 Å². The van der Waals surface area contributed by atoms with Gasteiger partial charge in [0.1, 0.15) is 0 Å². The van der Waals surface area contributed by atoms with Crippen LogP contribution in [0.4, 0.5) is 0 Å². The zero-order valence-electron chi connectivity index (χ0n) is 8.51. The molecule has 0 fully saturated rings. The summed E-state index contributed by atoms with van der Waals surface area (Å²) in [6.07, 6.45) is 1.17. The van der Waals surface area contributed by atoms with Crippen molar-refractivity contribution in [1.29, 1.82) is 0 Å². The van der Waals surface area contributed by atoms with E-state index in [-0.39, 0.29) is 10.8 Å². The van der Waals surface area contributed by atoms with Gasteiger partial charge in [0.25, 0.3) is 0 Å². The van der Waals surface area contributed by atoms with Crippen LogP contribution in [0.2, 0.25) is 0 Å². The lowest BCUT2D eigenvalue weighted by atomic mass is 10.2. The molecule has 6 heteroatoms. The lowest BCUT2D eigenvalue weighted by Gasteiger charge is -2.03. The number of amides is 1. The van der Waals surface area contributed by atoms with Crippen LogP contribution in [0.1, 0.15) is 5.56 Å². The Balaban J connectivity index is 2.73. The van der Waals surface area contributed by atoms with E-state index in [0.29, 0.717) is 6.54 Å². The van der Waals surface area contributed by atoms with E-state index in [9.17, 15) is 13.2 Å². The molecular weight excluding hydrogens is 228 g/mol. The van der Waals surface area contributed by atoms with E-state index in [1.165, 1.54) is 18.2 Å². The van der Waals surface area contributed by atoms with Crippen molar-refractivity contribution < 1.29 is 13.2 Å². The predicted octanol–water partition coefficient (Wildman–Crippen LogP) is 0.136. The summed E-state index contributed by atoms with van der Waals surface area (Å²) in [5.41, 5.74) is 0.780. The van der Waals surface area contributed by atoms with Crippen LogP contribution in [0.25, 0.3) is 0 Å². The molecule has 16 heavy (non-hydrogen) atoms. The van der Waals surface area contributed by atoms with Gasteiger partial charge in [0.05, 0.1) is 4.90 Å². The molecule has 0 aliphatic heterocycles. The molecule has 5 nitrogen and oxygen atoms in total. The highest BCUT2D eigenvalue weighted by atomic mass is 32.2. The van der Waals surface area contributed by atoms with Crippen LogP contribution >= 0.6 is 0 Å². The Labute approximate surface area is 94.0 Å². The Kier molecular flexibility index (Phi) is 3.81. The molecule has 1 aromatic rings. The second-order valence-electron chi connectivity index (χ2n) is 3.11. The second kappa shape index (κ2) is 4.91. The maximum atomic E-state index is 11.0. The number of primary sulfonamides is 1. The van der Waals surface area contributed by atoms with Gasteiger partial charge in [-0.2, -0.15) is 0 Å². The average molecular weight is 240 g/mol. The lowest BCUT2D eigenvalue weighted by Crippen LogP contribution is -2.20. The summed E-state index contributed by atoms with van der Waals surface area (Å²) in [6.45, 7) is 3.63. The van der Waals surface area contributed by atoms with Crippen molar-refractivity contribution in [2.75, 3.05) is 0 Å². The van der Waals surface area contributed by atoms with Crippen molar-refractivity contribution in [3.63, 3.8) is 0 Å². The summed E-state index contributed by atoms with van der Waals surface area (Å²) in [7, 11) is -3.66. The smallest absolute Gasteiger partial charge is 0.243 e. The maximum Gasteiger partial charge on any atom is 0.243 e. The fraction of sp³-hybridized carbons (Fsp3) is 0.100. The van der Waals surface area contributed by atoms with E-state index in [1.807, 2.05) is 0 Å². The predicted molar refractivity (Wildman–Crippen MR) is 59.9 cm³/mol. The molecule has 0 aliphatic carbocycles. The number of sulfonamides is 1. The van der Waals surface area contributed by atoms with Gasteiger partial charge in [0.15, 0.2) is 0 Å². The number of carbonyl (C=O) groups excluding carboxylic acids is 1. The lowest BCUT2D eigenvalue weighted by molar-refractivity contribution is -0.116. The molecule has 0 radical (unpaired) electrons. The minimum absolute atomic E-state index is 0.0475. The highest BCUT2D eigenvalue weighted by molar-refractivity contribution is 7.89. The van der Waals surface area contributed by atoms with Crippen molar-refractivity contribution in [3.05, 3.63) is 42.5 Å². The number of nitrogens with one attached hydrogen (secondary N) is 1. The fourth-order valence-electron chi connectivity index (χ4n) is 1.06. The molecule has 0 heterocycles. The number of hydrogen-bond donors (Lipinski definition) is 2. The van der Waals surface area contributed by atoms with Crippen LogP contribution in [0.5, 0.6) is 0 Å². The zero-order valence-corrected chi connectivity index (χ0v) is 9.33. The van der Waals surface area contributed by atoms with Crippen LogP contribution in [-0.4, -0.2) is 14.3 Å². The largest absolute Gasteiger partial charge is 0.348 e. The number of nitrogens with two attached hydrogens (primary N) is 1. The standard InChI is InChI=1S/C10H12N2O3S/c1-2-10(13)12-7-8-3-5-9(6-4-8)16(11,14)15/h2-6H,1,7H2,(H,12,13)(H2,11,14,15). The number of rotatable bonds is 4. The molecule has 0 unspecified atom stereocenters. The van der Waals surface area contributed by atoms with Crippen LogP contribution in [0.15, 0.2) is 41.8 Å². The van der Waals surface area contributed by atoms with Gasteiger partial charge in [0, 0.05) is 6.54 Å².